The van der Waals surface area contributed by atoms with E-state index < -0.39 is 104 Å². The molecule has 0 spiro atoms. The third-order valence-corrected chi connectivity index (χ3v) is 22.1. The zero-order valence-corrected chi connectivity index (χ0v) is 48.1. The summed E-state index contributed by atoms with van der Waals surface area (Å²) in [6, 6.07) is 28.0. The van der Waals surface area contributed by atoms with E-state index in [1.54, 1.807) is 78.9 Å². The van der Waals surface area contributed by atoms with E-state index in [2.05, 4.69) is 29.9 Å². The second-order valence-electron chi connectivity index (χ2n) is 19.7. The number of para-hydroxylation sites is 2. The van der Waals surface area contributed by atoms with Crippen molar-refractivity contribution in [3.8, 4) is 0 Å². The van der Waals surface area contributed by atoms with Crippen molar-refractivity contribution >= 4 is 93.3 Å². The van der Waals surface area contributed by atoms with Gasteiger partial charge in [-0.05, 0) is 35.6 Å². The molecule has 32 heteroatoms. The smallest absolute Gasteiger partial charge is 0.368 e. The van der Waals surface area contributed by atoms with Crippen LogP contribution in [0.3, 0.4) is 0 Å². The number of rotatable bonds is 10. The molecule has 0 radical (unpaired) electrons. The van der Waals surface area contributed by atoms with Gasteiger partial charge in [0, 0.05) is 65.4 Å². The van der Waals surface area contributed by atoms with Crippen LogP contribution in [0, 0.1) is 20.2 Å². The van der Waals surface area contributed by atoms with E-state index in [1.165, 1.54) is 74.1 Å². The molecular weight excluding hydrogens is 1200 g/mol. The molecular formula is C54H48F2N12O14P2S2. The highest BCUT2D eigenvalue weighted by Crippen LogP contribution is 2.66. The molecule has 3 fully saturated rings. The normalized spacial score (nSPS) is 26.6. The van der Waals surface area contributed by atoms with Crippen molar-refractivity contribution in [3.63, 3.8) is 0 Å². The van der Waals surface area contributed by atoms with Crippen molar-refractivity contribution < 1.29 is 65.1 Å². The summed E-state index contributed by atoms with van der Waals surface area (Å²) in [4.78, 5) is 82.1. The fourth-order valence-electron chi connectivity index (χ4n) is 10.3. The Morgan fingerprint density at radius 1 is 0.616 bits per heavy atom. The number of aromatic nitrogens is 8. The van der Waals surface area contributed by atoms with Gasteiger partial charge in [0.15, 0.2) is 58.8 Å². The van der Waals surface area contributed by atoms with Gasteiger partial charge in [-0.25, -0.2) is 43.2 Å². The number of amides is 2. The molecule has 14 bridgehead atoms. The lowest BCUT2D eigenvalue weighted by atomic mass is 10.1. The summed E-state index contributed by atoms with van der Waals surface area (Å²) >= 11 is 1.13. The Kier molecular flexibility index (Phi) is 17.0. The third kappa shape index (κ3) is 11.8. The Balaban J connectivity index is 1.01. The van der Waals surface area contributed by atoms with Gasteiger partial charge in [0.1, 0.15) is 37.3 Å². The van der Waals surface area contributed by atoms with E-state index in [0.29, 0.717) is 22.8 Å². The van der Waals surface area contributed by atoms with E-state index in [4.69, 9.17) is 27.8 Å². The highest BCUT2D eigenvalue weighted by Gasteiger charge is 2.54. The highest BCUT2D eigenvalue weighted by atomic mass is 32.7. The first-order valence-electron chi connectivity index (χ1n) is 26.5. The maximum Gasteiger partial charge on any atom is 0.389 e. The van der Waals surface area contributed by atoms with Crippen molar-refractivity contribution in [3.05, 3.63) is 189 Å². The molecule has 10 atom stereocenters. The van der Waals surface area contributed by atoms with Gasteiger partial charge >= 0.3 is 6.80 Å². The molecule has 9 heterocycles. The maximum absolute atomic E-state index is 17.9. The number of alkyl halides is 2. The van der Waals surface area contributed by atoms with Gasteiger partial charge in [-0.1, -0.05) is 96.3 Å². The second kappa shape index (κ2) is 24.9. The van der Waals surface area contributed by atoms with Crippen molar-refractivity contribution in [1.82, 2.24) is 39.0 Å². The fourth-order valence-corrected chi connectivity index (χ4v) is 17.4. The van der Waals surface area contributed by atoms with Gasteiger partial charge < -0.3 is 23.3 Å². The van der Waals surface area contributed by atoms with Crippen LogP contribution in [0.5, 0.6) is 0 Å². The predicted molar refractivity (Wildman–Crippen MR) is 309 cm³/mol. The Morgan fingerprint density at radius 3 is 1.62 bits per heavy atom. The number of benzene rings is 4. The third-order valence-electron chi connectivity index (χ3n) is 14.4. The lowest BCUT2D eigenvalue weighted by molar-refractivity contribution is -0.385. The topological polar surface area (TPSA) is 304 Å². The molecule has 4 aromatic carbocycles. The number of nitro benzene ring substituents is 2. The highest BCUT2D eigenvalue weighted by molar-refractivity contribution is 8.56. The van der Waals surface area contributed by atoms with Gasteiger partial charge in [-0.3, -0.25) is 57.8 Å². The monoisotopic (exact) mass is 1250 g/mol. The standard InChI is InChI=1S/C54H48F2N12O14P2S2/c55-41-45-39-21-24-78-84(76,86-27-36-18-8-10-20-38(36)68(73)74)82-46-40(25-77-32-83(75,81-45)85-26-35-17-7-9-19-37(35)67(71)72)80-54(42(46)56)66-31-62-44-48(58-29-60-50(44)66)64(52(70)34-15-5-2-6-16-34)23-12-11-22-63(51(69)33-13-3-1-4-14-33)47-43-49(59-28-57-47)65(30-61-43)53(41)79-39/h1-20,28-31,39-42,45-46,53-54H,21-27,32H2/b12-11+/t39-,40-,41-,42-,45-,46-,53?,54?,83-,84-/m1/s1. The Morgan fingerprint density at radius 2 is 1.09 bits per heavy atom. The number of carbonyl (C=O) groups is 2. The van der Waals surface area contributed by atoms with Gasteiger partial charge in [-0.15, -0.1) is 0 Å². The zero-order valence-electron chi connectivity index (χ0n) is 44.7. The van der Waals surface area contributed by atoms with E-state index in [0.717, 1.165) is 12.7 Å². The second-order valence-corrected chi connectivity index (χ2v) is 28.4. The number of anilines is 2. The molecule has 8 aromatic rings. The van der Waals surface area contributed by atoms with Crippen molar-refractivity contribution in [2.75, 3.05) is 42.5 Å². The number of fused-ring (bicyclic) bond motifs is 12. The van der Waals surface area contributed by atoms with Crippen LogP contribution in [0.2, 0.25) is 0 Å². The number of ether oxygens (including phenoxy) is 3. The molecule has 86 heavy (non-hydrogen) atoms. The number of carbonyl (C=O) groups excluding carboxylic acids is 2. The molecule has 2 unspecified atom stereocenters. The summed E-state index contributed by atoms with van der Waals surface area (Å²) in [6.07, 6.45) is -7.76. The summed E-state index contributed by atoms with van der Waals surface area (Å²) in [7, 11) is 0. The number of imidazole rings is 2. The Bertz CT molecular complexity index is 3760. The van der Waals surface area contributed by atoms with Crippen molar-refractivity contribution in [2.45, 2.75) is 67.1 Å². The van der Waals surface area contributed by atoms with Crippen LogP contribution in [0.4, 0.5) is 31.8 Å². The number of nitrogens with zero attached hydrogens (tertiary/aromatic N) is 12. The number of hydrogen-bond donors (Lipinski definition) is 0. The lowest BCUT2D eigenvalue weighted by Gasteiger charge is -2.29. The molecule has 444 valence electrons. The first-order chi connectivity index (χ1) is 41.7. The first kappa shape index (κ1) is 58.6. The Labute approximate surface area is 494 Å². The zero-order chi connectivity index (χ0) is 59.7. The van der Waals surface area contributed by atoms with Crippen molar-refractivity contribution in [2.24, 2.45) is 0 Å². The molecule has 4 aromatic heterocycles. The molecule has 0 N–H and O–H groups in total. The largest absolute Gasteiger partial charge is 0.389 e. The van der Waals surface area contributed by atoms with E-state index in [-0.39, 0.29) is 98.6 Å². The summed E-state index contributed by atoms with van der Waals surface area (Å²) in [5.74, 6) is -1.75. The van der Waals surface area contributed by atoms with E-state index in [1.807, 2.05) is 0 Å². The van der Waals surface area contributed by atoms with Crippen LogP contribution < -0.4 is 9.80 Å². The molecule has 5 aliphatic heterocycles. The molecule has 26 nitrogen and oxygen atoms in total. The first-order valence-corrected chi connectivity index (χ1v) is 33.1. The van der Waals surface area contributed by atoms with Crippen LogP contribution in [0.25, 0.3) is 22.3 Å². The minimum absolute atomic E-state index is 0.00556. The van der Waals surface area contributed by atoms with Crippen LogP contribution in [0.1, 0.15) is 50.7 Å². The molecule has 3 saturated heterocycles. The van der Waals surface area contributed by atoms with Crippen LogP contribution in [0.15, 0.2) is 147 Å². The summed E-state index contributed by atoms with van der Waals surface area (Å²) in [5.41, 5.74) is 0.123. The summed E-state index contributed by atoms with van der Waals surface area (Å²) in [6.45, 7) is -10.8. The van der Waals surface area contributed by atoms with Gasteiger partial charge in [0.05, 0.1) is 41.8 Å². The lowest BCUT2D eigenvalue weighted by Crippen LogP contribution is -2.35. The van der Waals surface area contributed by atoms with Crippen LogP contribution >= 0.6 is 36.1 Å². The predicted octanol–water partition coefficient (Wildman–Crippen LogP) is 10.1. The maximum atomic E-state index is 17.9. The summed E-state index contributed by atoms with van der Waals surface area (Å²) < 4.78 is 107. The molecule has 2 amide bonds. The quantitative estimate of drug-likeness (QED) is 0.0532. The average molecular weight is 1250 g/mol. The minimum Gasteiger partial charge on any atom is -0.368 e. The van der Waals surface area contributed by atoms with E-state index in [9.17, 15) is 29.8 Å². The number of hydrogen-bond acceptors (Lipinski definition) is 22. The average Bonchev–Trinajstić information content (AvgIpc) is 2.64. The fraction of sp³-hybridized carbons (Fsp3) is 0.296. The van der Waals surface area contributed by atoms with Crippen LogP contribution in [-0.2, 0) is 48.4 Å². The Hall–Kier alpha value is -7.76. The molecule has 0 aliphatic carbocycles. The molecule has 0 saturated carbocycles. The SMILES string of the molecule is O=C(c1ccccc1)N1C/C=C/CN(C(=O)c2ccccc2)c2ncnc3c2ncn3C2O[C@@H]3CCO[P@@](=O)(SCc4ccccc4[N+](=O)[O-])O[C@@H]4[C@@H](COC[P@](=O)(SCc5ccccc5[N+](=O)[O-])O[C@H]3[C@H]2F)OC([C@@H]4F)n2cnc3c1ncnc32. The number of halogens is 2. The minimum atomic E-state index is -4.75. The molecule has 5 aliphatic rings. The number of nitro groups is 2. The molecule has 13 rings (SSSR count). The summed E-state index contributed by atoms with van der Waals surface area (Å²) in [5, 5.41) is 24.3. The van der Waals surface area contributed by atoms with E-state index >= 15 is 17.9 Å². The van der Waals surface area contributed by atoms with Gasteiger partial charge in [0.25, 0.3) is 29.8 Å². The van der Waals surface area contributed by atoms with Gasteiger partial charge in [-0.2, -0.15) is 0 Å². The van der Waals surface area contributed by atoms with Gasteiger partial charge in [0.2, 0.25) is 0 Å². The van der Waals surface area contributed by atoms with Crippen molar-refractivity contribution in [1.29, 1.82) is 0 Å². The van der Waals surface area contributed by atoms with Crippen LogP contribution in [-0.4, -0.2) is 130 Å².